The van der Waals surface area contributed by atoms with Gasteiger partial charge in [-0.1, -0.05) is 82.3 Å². The molecule has 4 aromatic carbocycles. The Hall–Kier alpha value is -4.27. The smallest absolute Gasteiger partial charge is 0.255 e. The van der Waals surface area contributed by atoms with Crippen molar-refractivity contribution in [1.82, 2.24) is 31.1 Å². The molecule has 0 saturated carbocycles. The van der Waals surface area contributed by atoms with Gasteiger partial charge < -0.3 is 31.3 Å². The summed E-state index contributed by atoms with van der Waals surface area (Å²) in [4.78, 5) is 55.0. The lowest BCUT2D eigenvalue weighted by molar-refractivity contribution is -0.122. The van der Waals surface area contributed by atoms with Gasteiger partial charge in [-0.25, -0.2) is 0 Å². The number of carbonyl (C=O) groups is 4. The van der Waals surface area contributed by atoms with Crippen molar-refractivity contribution in [3.8, 4) is 5.75 Å². The van der Waals surface area contributed by atoms with Crippen molar-refractivity contribution in [3.63, 3.8) is 0 Å². The van der Waals surface area contributed by atoms with Crippen LogP contribution in [0, 0.1) is 0 Å². The molecule has 6 atom stereocenters. The Bertz CT molecular complexity index is 2310. The van der Waals surface area contributed by atoms with Crippen molar-refractivity contribution in [2.24, 2.45) is 0 Å². The molecule has 5 N–H and O–H groups in total. The molecule has 4 aliphatic heterocycles. The molecular weight excluding hydrogens is 932 g/mol. The third-order valence-electron chi connectivity index (χ3n) is 12.9. The molecule has 4 aliphatic rings. The second-order valence-electron chi connectivity index (χ2n) is 17.1. The fraction of sp³-hybridized carbons (Fsp3) is 0.417. The molecule has 0 aromatic heterocycles. The number of carbonyl (C=O) groups excluding carboxylic acids is 4. The first kappa shape index (κ1) is 48.7. The summed E-state index contributed by atoms with van der Waals surface area (Å²) < 4.78 is 5.31. The molecule has 4 amide bonds. The zero-order valence-electron chi connectivity index (χ0n) is 36.3. The monoisotopic (exact) mass is 983 g/mol. The maximum absolute atomic E-state index is 12.7. The second-order valence-corrected chi connectivity index (χ2v) is 19.2. The van der Waals surface area contributed by atoms with E-state index < -0.39 is 5.91 Å². The van der Waals surface area contributed by atoms with E-state index in [9.17, 15) is 19.2 Å². The highest BCUT2D eigenvalue weighted by Gasteiger charge is 2.42. The van der Waals surface area contributed by atoms with E-state index in [4.69, 9.17) is 62.7 Å². The number of nitrogens with zero attached hydrogens (tertiary/aromatic N) is 2. The van der Waals surface area contributed by atoms with E-state index in [1.807, 2.05) is 24.3 Å². The van der Waals surface area contributed by atoms with Gasteiger partial charge in [-0.15, -0.1) is 0 Å². The highest BCUT2D eigenvalue weighted by atomic mass is 35.5. The number of ether oxygens (including phenoxy) is 1. The lowest BCUT2D eigenvalue weighted by Gasteiger charge is -2.39. The van der Waals surface area contributed by atoms with Crippen molar-refractivity contribution >= 4 is 87.3 Å². The number of halogens is 5. The van der Waals surface area contributed by atoms with Crippen LogP contribution >= 0.6 is 58.0 Å². The van der Waals surface area contributed by atoms with E-state index in [0.29, 0.717) is 56.2 Å². The van der Waals surface area contributed by atoms with Gasteiger partial charge in [0.25, 0.3) is 11.8 Å². The Morgan fingerprint density at radius 1 is 0.585 bits per heavy atom. The Labute approximate surface area is 405 Å². The van der Waals surface area contributed by atoms with E-state index in [1.165, 1.54) is 30.4 Å². The van der Waals surface area contributed by atoms with Crippen LogP contribution in [0.2, 0.25) is 25.1 Å². The molecular formula is C48H54Cl5N7O5. The van der Waals surface area contributed by atoms with Crippen LogP contribution in [0.3, 0.4) is 0 Å². The summed E-state index contributed by atoms with van der Waals surface area (Å²) in [7, 11) is 3.22. The number of methoxy groups -OCH3 is 1. The number of hydrogen-bond donors (Lipinski definition) is 5. The highest BCUT2D eigenvalue weighted by Crippen LogP contribution is 2.38. The molecule has 0 aliphatic carbocycles. The molecule has 4 bridgehead atoms. The minimum absolute atomic E-state index is 0.0700. The molecule has 12 nitrogen and oxygen atoms in total. The van der Waals surface area contributed by atoms with E-state index in [-0.39, 0.29) is 48.5 Å². The van der Waals surface area contributed by atoms with E-state index in [1.54, 1.807) is 25.2 Å². The first-order valence-corrected chi connectivity index (χ1v) is 23.8. The van der Waals surface area contributed by atoms with Gasteiger partial charge in [-0.2, -0.15) is 0 Å². The fourth-order valence-electron chi connectivity index (χ4n) is 9.71. The molecule has 8 rings (SSSR count). The lowest BCUT2D eigenvalue weighted by atomic mass is 9.96. The minimum atomic E-state index is -0.408. The third kappa shape index (κ3) is 12.8. The Morgan fingerprint density at radius 2 is 1.05 bits per heavy atom. The number of fused-ring (bicyclic) bond motifs is 4. The SMILES string of the molecule is CNc1cc(OC)c(C(=O)NCC(=O)NC2C[C@H]3CC[C@@H](C2)N3Cc2ccc(Cl)cc2)cc1Cl.O=C(CNC(=O)c1ccc(Cl)c(Cl)c1)NC1C[C@H]2CC[C@@H](C1)N2Cc1ccc(Cl)cc1. The number of nitrogens with one attached hydrogen (secondary N) is 5. The average molecular weight is 986 g/mol. The topological polar surface area (TPSA) is 144 Å². The second kappa shape index (κ2) is 22.5. The van der Waals surface area contributed by atoms with E-state index >= 15 is 0 Å². The number of anilines is 1. The predicted molar refractivity (Wildman–Crippen MR) is 259 cm³/mol. The lowest BCUT2D eigenvalue weighted by Crippen LogP contribution is -2.51. The zero-order valence-corrected chi connectivity index (χ0v) is 40.1. The summed E-state index contributed by atoms with van der Waals surface area (Å²) in [5, 5.41) is 17.1. The van der Waals surface area contributed by atoms with Gasteiger partial charge in [0.1, 0.15) is 5.75 Å². The quantitative estimate of drug-likeness (QED) is 0.0845. The van der Waals surface area contributed by atoms with Crippen LogP contribution in [0.15, 0.2) is 78.9 Å². The molecule has 346 valence electrons. The molecule has 0 spiro atoms. The summed E-state index contributed by atoms with van der Waals surface area (Å²) in [5.41, 5.74) is 3.83. The van der Waals surface area contributed by atoms with Crippen LogP contribution in [0.1, 0.15) is 83.2 Å². The van der Waals surface area contributed by atoms with E-state index in [0.717, 1.165) is 74.5 Å². The standard InChI is InChI=1S/C25H30Cl2N4O3.C23H24Cl3N3O2/c1-28-22-12-23(34-2)20(11-21(22)27)25(33)29-13-24(32)30-17-9-18-7-8-19(10-17)31(18)14-15-3-5-16(26)6-4-15;24-16-4-1-14(2-5-16)13-29-18-6-7-19(29)11-17(10-18)28-22(30)12-27-23(31)15-3-8-20(25)21(26)9-15/h3-6,11-12,17-19,28H,7-10,13-14H2,1-2H3,(H,29,33)(H,30,32);1-5,8-9,17-19H,6-7,10-13H2,(H,27,31)(H,28,30)/t2*17?,18-,19+. The first-order valence-electron chi connectivity index (χ1n) is 21.9. The van der Waals surface area contributed by atoms with Crippen LogP contribution in [0.4, 0.5) is 5.69 Å². The maximum atomic E-state index is 12.7. The van der Waals surface area contributed by atoms with Crippen molar-refractivity contribution in [2.45, 2.75) is 101 Å². The summed E-state index contributed by atoms with van der Waals surface area (Å²) in [6.07, 6.45) is 8.27. The highest BCUT2D eigenvalue weighted by molar-refractivity contribution is 6.42. The third-order valence-corrected chi connectivity index (χ3v) is 14.4. The summed E-state index contributed by atoms with van der Waals surface area (Å²) in [6, 6.07) is 25.9. The van der Waals surface area contributed by atoms with Crippen molar-refractivity contribution < 1.29 is 23.9 Å². The largest absolute Gasteiger partial charge is 0.496 e. The van der Waals surface area contributed by atoms with Crippen LogP contribution in [-0.4, -0.2) is 96.9 Å². The summed E-state index contributed by atoms with van der Waals surface area (Å²) in [6.45, 7) is 1.64. The van der Waals surface area contributed by atoms with Crippen LogP contribution in [-0.2, 0) is 22.7 Å². The predicted octanol–water partition coefficient (Wildman–Crippen LogP) is 8.77. The van der Waals surface area contributed by atoms with Gasteiger partial charge in [-0.05, 0) is 111 Å². The van der Waals surface area contributed by atoms with Crippen molar-refractivity contribution in [1.29, 1.82) is 0 Å². The van der Waals surface area contributed by atoms with Crippen molar-refractivity contribution in [2.75, 3.05) is 32.6 Å². The number of piperidine rings is 2. The minimum Gasteiger partial charge on any atom is -0.496 e. The Balaban J connectivity index is 0.000000195. The van der Waals surface area contributed by atoms with Gasteiger partial charge in [0.15, 0.2) is 0 Å². The van der Waals surface area contributed by atoms with Gasteiger partial charge in [0.2, 0.25) is 11.8 Å². The van der Waals surface area contributed by atoms with Crippen LogP contribution < -0.4 is 31.3 Å². The molecule has 4 saturated heterocycles. The summed E-state index contributed by atoms with van der Waals surface area (Å²) in [5.74, 6) is -0.748. The normalized spacial score (nSPS) is 22.3. The Morgan fingerprint density at radius 3 is 1.48 bits per heavy atom. The first-order chi connectivity index (χ1) is 31.3. The molecule has 2 unspecified atom stereocenters. The summed E-state index contributed by atoms with van der Waals surface area (Å²) >= 11 is 30.0. The fourth-order valence-corrected chi connectivity index (χ4v) is 10.5. The molecule has 4 aromatic rings. The van der Waals surface area contributed by atoms with Gasteiger partial charge in [0.05, 0.1) is 46.5 Å². The number of hydrogen-bond acceptors (Lipinski definition) is 8. The maximum Gasteiger partial charge on any atom is 0.255 e. The van der Waals surface area contributed by atoms with Crippen LogP contribution in [0.25, 0.3) is 0 Å². The van der Waals surface area contributed by atoms with Crippen LogP contribution in [0.5, 0.6) is 5.75 Å². The van der Waals surface area contributed by atoms with Gasteiger partial charge in [-0.3, -0.25) is 29.0 Å². The van der Waals surface area contributed by atoms with Gasteiger partial charge >= 0.3 is 0 Å². The zero-order chi connectivity index (χ0) is 46.2. The molecule has 4 fully saturated rings. The average Bonchev–Trinajstić information content (AvgIpc) is 3.66. The van der Waals surface area contributed by atoms with E-state index in [2.05, 4.69) is 60.6 Å². The number of rotatable bonds is 14. The van der Waals surface area contributed by atoms with Gasteiger partial charge in [0, 0.05) is 78.1 Å². The molecule has 0 radical (unpaired) electrons. The molecule has 17 heteroatoms. The molecule has 65 heavy (non-hydrogen) atoms. The number of amides is 4. The number of benzene rings is 4. The Kier molecular flexibility index (Phi) is 16.8. The molecule has 4 heterocycles. The van der Waals surface area contributed by atoms with Crippen molar-refractivity contribution in [3.05, 3.63) is 126 Å².